The van der Waals surface area contributed by atoms with Crippen LogP contribution in [0.15, 0.2) is 0 Å². The lowest BCUT2D eigenvalue weighted by atomic mass is 9.77. The first-order chi connectivity index (χ1) is 9.59. The fourth-order valence-corrected chi connectivity index (χ4v) is 3.32. The van der Waals surface area contributed by atoms with E-state index in [0.29, 0.717) is 13.0 Å². The molecule has 1 heterocycles. The molecule has 0 bridgehead atoms. The van der Waals surface area contributed by atoms with Gasteiger partial charge in [0, 0.05) is 38.0 Å². The molecule has 1 saturated heterocycles. The number of nitrogens with zero attached hydrogens (tertiary/aromatic N) is 1. The normalized spacial score (nSPS) is 30.3. The average Bonchev–Trinajstić information content (AvgIpc) is 2.95. The Bertz CT molecular complexity index is 353. The molecule has 3 unspecified atom stereocenters. The number of rotatable bonds is 4. The predicted molar refractivity (Wildman–Crippen MR) is 77.9 cm³/mol. The van der Waals surface area contributed by atoms with Crippen molar-refractivity contribution in [2.45, 2.75) is 51.5 Å². The lowest BCUT2D eigenvalue weighted by molar-refractivity contribution is -0.130. The van der Waals surface area contributed by atoms with E-state index in [1.54, 1.807) is 0 Å². The summed E-state index contributed by atoms with van der Waals surface area (Å²) in [6, 6.07) is 0.130. The Labute approximate surface area is 121 Å². The van der Waals surface area contributed by atoms with Crippen LogP contribution < -0.4 is 11.1 Å². The highest BCUT2D eigenvalue weighted by Gasteiger charge is 2.32. The highest BCUT2D eigenvalue weighted by molar-refractivity contribution is 5.81. The maximum Gasteiger partial charge on any atom is 0.224 e. The molecule has 114 valence electrons. The van der Waals surface area contributed by atoms with E-state index >= 15 is 0 Å². The molecule has 0 aromatic rings. The van der Waals surface area contributed by atoms with Gasteiger partial charge in [-0.3, -0.25) is 9.59 Å². The van der Waals surface area contributed by atoms with Crippen molar-refractivity contribution in [3.05, 3.63) is 0 Å². The molecule has 3 N–H and O–H groups in total. The third kappa shape index (κ3) is 3.72. The number of hydrogen-bond acceptors (Lipinski definition) is 3. The number of carbonyl (C=O) groups is 2. The van der Waals surface area contributed by atoms with Gasteiger partial charge < -0.3 is 16.0 Å². The van der Waals surface area contributed by atoms with Crippen LogP contribution >= 0.6 is 0 Å². The van der Waals surface area contributed by atoms with Crippen LogP contribution in [0, 0.1) is 11.8 Å². The molecule has 3 atom stereocenters. The standard InChI is InChI=1S/C15H27N3O2/c1-11-12(5-4-6-13(11)16)15(20)17-8-7-14(19)18-9-2-3-10-18/h11-13H,2-10,16H2,1H3,(H,17,20). The summed E-state index contributed by atoms with van der Waals surface area (Å²) in [5.74, 6) is 0.483. The number of hydrogen-bond donors (Lipinski definition) is 2. The largest absolute Gasteiger partial charge is 0.355 e. The highest BCUT2D eigenvalue weighted by Crippen LogP contribution is 2.28. The van der Waals surface area contributed by atoms with E-state index in [2.05, 4.69) is 12.2 Å². The van der Waals surface area contributed by atoms with Gasteiger partial charge in [-0.25, -0.2) is 0 Å². The summed E-state index contributed by atoms with van der Waals surface area (Å²) in [4.78, 5) is 25.9. The van der Waals surface area contributed by atoms with Crippen LogP contribution in [0.25, 0.3) is 0 Å². The Balaban J connectivity index is 1.70. The Morgan fingerprint density at radius 1 is 1.20 bits per heavy atom. The number of nitrogens with one attached hydrogen (secondary N) is 1. The Hall–Kier alpha value is -1.10. The third-order valence-corrected chi connectivity index (χ3v) is 4.80. The van der Waals surface area contributed by atoms with Gasteiger partial charge in [-0.1, -0.05) is 13.3 Å². The van der Waals surface area contributed by atoms with E-state index < -0.39 is 0 Å². The second kappa shape index (κ2) is 7.07. The summed E-state index contributed by atoms with van der Waals surface area (Å²) in [6.07, 6.45) is 5.58. The maximum absolute atomic E-state index is 12.2. The van der Waals surface area contributed by atoms with Crippen molar-refractivity contribution in [2.75, 3.05) is 19.6 Å². The number of likely N-dealkylation sites (tertiary alicyclic amines) is 1. The van der Waals surface area contributed by atoms with Crippen LogP contribution in [-0.2, 0) is 9.59 Å². The first-order valence-electron chi connectivity index (χ1n) is 7.90. The molecule has 0 aromatic heterocycles. The molecule has 2 fully saturated rings. The maximum atomic E-state index is 12.2. The molecule has 2 rings (SSSR count). The zero-order valence-electron chi connectivity index (χ0n) is 12.4. The SMILES string of the molecule is CC1C(N)CCCC1C(=O)NCCC(=O)N1CCCC1. The van der Waals surface area contributed by atoms with E-state index in [1.165, 1.54) is 0 Å². The van der Waals surface area contributed by atoms with Crippen molar-refractivity contribution in [3.63, 3.8) is 0 Å². The van der Waals surface area contributed by atoms with Crippen molar-refractivity contribution >= 4 is 11.8 Å². The van der Waals surface area contributed by atoms with Gasteiger partial charge >= 0.3 is 0 Å². The molecule has 1 aliphatic carbocycles. The number of nitrogens with two attached hydrogens (primary N) is 1. The molecule has 1 saturated carbocycles. The second-order valence-electron chi connectivity index (χ2n) is 6.19. The average molecular weight is 281 g/mol. The van der Waals surface area contributed by atoms with Crippen molar-refractivity contribution in [1.29, 1.82) is 0 Å². The monoisotopic (exact) mass is 281 g/mol. The summed E-state index contributed by atoms with van der Waals surface area (Å²) in [5.41, 5.74) is 6.03. The summed E-state index contributed by atoms with van der Waals surface area (Å²) in [7, 11) is 0. The Morgan fingerprint density at radius 3 is 2.60 bits per heavy atom. The van der Waals surface area contributed by atoms with E-state index in [9.17, 15) is 9.59 Å². The molecule has 20 heavy (non-hydrogen) atoms. The van der Waals surface area contributed by atoms with Crippen molar-refractivity contribution in [1.82, 2.24) is 10.2 Å². The summed E-state index contributed by atoms with van der Waals surface area (Å²) >= 11 is 0. The van der Waals surface area contributed by atoms with Crippen LogP contribution in [0.4, 0.5) is 0 Å². The van der Waals surface area contributed by atoms with Crippen LogP contribution in [0.1, 0.15) is 45.4 Å². The zero-order valence-corrected chi connectivity index (χ0v) is 12.4. The van der Waals surface area contributed by atoms with Gasteiger partial charge in [0.25, 0.3) is 0 Å². The fraction of sp³-hybridized carbons (Fsp3) is 0.867. The van der Waals surface area contributed by atoms with Gasteiger partial charge in [-0.05, 0) is 31.6 Å². The smallest absolute Gasteiger partial charge is 0.224 e. The van der Waals surface area contributed by atoms with Crippen LogP contribution in [0.2, 0.25) is 0 Å². The van der Waals surface area contributed by atoms with Gasteiger partial charge in [0.15, 0.2) is 0 Å². The minimum Gasteiger partial charge on any atom is -0.355 e. The van der Waals surface area contributed by atoms with Crippen molar-refractivity contribution < 1.29 is 9.59 Å². The Morgan fingerprint density at radius 2 is 1.90 bits per heavy atom. The third-order valence-electron chi connectivity index (χ3n) is 4.80. The molecule has 2 aliphatic rings. The molecule has 2 amide bonds. The quantitative estimate of drug-likeness (QED) is 0.803. The molecule has 5 heteroatoms. The lowest BCUT2D eigenvalue weighted by Gasteiger charge is -2.32. The van der Waals surface area contributed by atoms with Gasteiger partial charge in [0.05, 0.1) is 0 Å². The number of carbonyl (C=O) groups excluding carboxylic acids is 2. The zero-order chi connectivity index (χ0) is 14.5. The number of amides is 2. The van der Waals surface area contributed by atoms with E-state index in [-0.39, 0.29) is 29.7 Å². The van der Waals surface area contributed by atoms with E-state index in [4.69, 9.17) is 5.73 Å². The molecular formula is C15H27N3O2. The van der Waals surface area contributed by atoms with Gasteiger partial charge in [-0.15, -0.1) is 0 Å². The molecule has 0 spiro atoms. The fourth-order valence-electron chi connectivity index (χ4n) is 3.32. The Kier molecular flexibility index (Phi) is 5.40. The molecule has 0 radical (unpaired) electrons. The van der Waals surface area contributed by atoms with E-state index in [1.807, 2.05) is 4.90 Å². The van der Waals surface area contributed by atoms with Crippen LogP contribution in [0.5, 0.6) is 0 Å². The summed E-state index contributed by atoms with van der Waals surface area (Å²) < 4.78 is 0. The van der Waals surface area contributed by atoms with Gasteiger partial charge in [0.2, 0.25) is 11.8 Å². The first-order valence-corrected chi connectivity index (χ1v) is 7.90. The predicted octanol–water partition coefficient (Wildman–Crippen LogP) is 0.879. The van der Waals surface area contributed by atoms with E-state index in [0.717, 1.165) is 45.2 Å². The highest BCUT2D eigenvalue weighted by atomic mass is 16.2. The molecule has 1 aliphatic heterocycles. The molecule has 0 aromatic carbocycles. The lowest BCUT2D eigenvalue weighted by Crippen LogP contribution is -2.44. The van der Waals surface area contributed by atoms with Crippen LogP contribution in [0.3, 0.4) is 0 Å². The second-order valence-corrected chi connectivity index (χ2v) is 6.19. The molecular weight excluding hydrogens is 254 g/mol. The van der Waals surface area contributed by atoms with Crippen molar-refractivity contribution in [3.8, 4) is 0 Å². The van der Waals surface area contributed by atoms with Gasteiger partial charge in [-0.2, -0.15) is 0 Å². The van der Waals surface area contributed by atoms with Crippen molar-refractivity contribution in [2.24, 2.45) is 17.6 Å². The van der Waals surface area contributed by atoms with Crippen LogP contribution in [-0.4, -0.2) is 42.4 Å². The van der Waals surface area contributed by atoms with Gasteiger partial charge in [0.1, 0.15) is 0 Å². The first kappa shape index (κ1) is 15.3. The topological polar surface area (TPSA) is 75.4 Å². The summed E-state index contributed by atoms with van der Waals surface area (Å²) in [6.45, 7) is 4.26. The summed E-state index contributed by atoms with van der Waals surface area (Å²) in [5, 5.41) is 2.92. The minimum atomic E-state index is 0.0145. The minimum absolute atomic E-state index is 0.0145. The molecule has 5 nitrogen and oxygen atoms in total.